The summed E-state index contributed by atoms with van der Waals surface area (Å²) < 4.78 is 7.84. The molecule has 124 valence electrons. The molecule has 0 aliphatic carbocycles. The van der Waals surface area contributed by atoms with Gasteiger partial charge in [-0.05, 0) is 18.6 Å². The summed E-state index contributed by atoms with van der Waals surface area (Å²) in [5.74, 6) is 0.412. The predicted molar refractivity (Wildman–Crippen MR) is 85.3 cm³/mol. The van der Waals surface area contributed by atoms with Crippen LogP contribution in [0.25, 0.3) is 0 Å². The van der Waals surface area contributed by atoms with Crippen LogP contribution in [-0.4, -0.2) is 45.1 Å². The number of imidazole rings is 1. The Bertz CT molecular complexity index is 774. The summed E-state index contributed by atoms with van der Waals surface area (Å²) in [6, 6.07) is 7.18. The first-order valence-corrected chi connectivity index (χ1v) is 7.99. The van der Waals surface area contributed by atoms with Crippen molar-refractivity contribution in [3.63, 3.8) is 0 Å². The molecule has 0 saturated carbocycles. The molecule has 1 unspecified atom stereocenters. The van der Waals surface area contributed by atoms with E-state index in [1.807, 2.05) is 12.1 Å². The van der Waals surface area contributed by atoms with Crippen molar-refractivity contribution in [3.8, 4) is 5.75 Å². The second-order valence-corrected chi connectivity index (χ2v) is 6.20. The minimum Gasteiger partial charge on any atom is -0.465 e. The molecule has 1 spiro atoms. The lowest BCUT2D eigenvalue weighted by Crippen LogP contribution is -2.65. The average molecular weight is 326 g/mol. The largest absolute Gasteiger partial charge is 0.465 e. The Labute approximate surface area is 139 Å². The van der Waals surface area contributed by atoms with Crippen LogP contribution in [0.3, 0.4) is 0 Å². The Morgan fingerprint density at radius 1 is 1.38 bits per heavy atom. The number of ether oxygens (including phenoxy) is 1. The van der Waals surface area contributed by atoms with Crippen molar-refractivity contribution < 1.29 is 14.3 Å². The molecule has 1 aromatic heterocycles. The molecule has 2 aromatic rings. The van der Waals surface area contributed by atoms with Crippen LogP contribution in [0.15, 0.2) is 43.0 Å². The lowest BCUT2D eigenvalue weighted by atomic mass is 9.98. The van der Waals surface area contributed by atoms with Gasteiger partial charge in [0.15, 0.2) is 0 Å². The molecule has 0 bridgehead atoms. The zero-order valence-corrected chi connectivity index (χ0v) is 13.1. The monoisotopic (exact) mass is 326 g/mol. The van der Waals surface area contributed by atoms with Crippen molar-refractivity contribution in [2.75, 3.05) is 13.1 Å². The third-order valence-corrected chi connectivity index (χ3v) is 4.46. The summed E-state index contributed by atoms with van der Waals surface area (Å²) in [5.41, 5.74) is -0.307. The van der Waals surface area contributed by atoms with E-state index in [1.165, 1.54) is 0 Å². The van der Waals surface area contributed by atoms with Gasteiger partial charge in [0.1, 0.15) is 12.3 Å². The van der Waals surface area contributed by atoms with E-state index in [1.54, 1.807) is 40.3 Å². The SMILES string of the molecule is O=C1NC2(CCCN(C(=O)Cn3ccnc3)C2)Oc2ccccc21. The number of fused-ring (bicyclic) bond motifs is 1. The molecule has 2 amide bonds. The predicted octanol–water partition coefficient (Wildman–Crippen LogP) is 1.02. The van der Waals surface area contributed by atoms with Crippen LogP contribution in [0.4, 0.5) is 0 Å². The first-order chi connectivity index (χ1) is 11.7. The van der Waals surface area contributed by atoms with E-state index in [0.717, 1.165) is 6.42 Å². The van der Waals surface area contributed by atoms with Gasteiger partial charge in [0.05, 0.1) is 18.4 Å². The minimum atomic E-state index is -0.839. The lowest BCUT2D eigenvalue weighted by molar-refractivity contribution is -0.139. The van der Waals surface area contributed by atoms with Gasteiger partial charge in [0.2, 0.25) is 11.6 Å². The minimum absolute atomic E-state index is 0.0104. The van der Waals surface area contributed by atoms with Gasteiger partial charge < -0.3 is 19.5 Å². The molecule has 1 fully saturated rings. The number of para-hydroxylation sites is 1. The van der Waals surface area contributed by atoms with E-state index >= 15 is 0 Å². The molecule has 7 nitrogen and oxygen atoms in total. The molecule has 2 aliphatic rings. The third kappa shape index (κ3) is 2.62. The molecule has 24 heavy (non-hydrogen) atoms. The van der Waals surface area contributed by atoms with Crippen LogP contribution >= 0.6 is 0 Å². The van der Waals surface area contributed by atoms with Gasteiger partial charge in [-0.2, -0.15) is 0 Å². The van der Waals surface area contributed by atoms with Crippen LogP contribution in [0.2, 0.25) is 0 Å². The highest BCUT2D eigenvalue weighted by molar-refractivity contribution is 5.98. The maximum absolute atomic E-state index is 12.5. The molecule has 1 aromatic carbocycles. The Kier molecular flexibility index (Phi) is 3.48. The smallest absolute Gasteiger partial charge is 0.258 e. The van der Waals surface area contributed by atoms with Crippen molar-refractivity contribution >= 4 is 11.8 Å². The summed E-state index contributed by atoms with van der Waals surface area (Å²) in [5, 5.41) is 2.96. The number of carbonyl (C=O) groups excluding carboxylic acids is 2. The molecular weight excluding hydrogens is 308 g/mol. The normalized spacial score (nSPS) is 22.7. The van der Waals surface area contributed by atoms with Gasteiger partial charge in [0, 0.05) is 25.4 Å². The van der Waals surface area contributed by atoms with Crippen LogP contribution in [0.5, 0.6) is 5.75 Å². The highest BCUT2D eigenvalue weighted by Crippen LogP contribution is 2.32. The number of rotatable bonds is 2. The van der Waals surface area contributed by atoms with E-state index < -0.39 is 5.72 Å². The molecule has 4 rings (SSSR count). The molecule has 3 heterocycles. The zero-order chi connectivity index (χ0) is 16.6. The molecule has 1 N–H and O–H groups in total. The Morgan fingerprint density at radius 2 is 2.25 bits per heavy atom. The van der Waals surface area contributed by atoms with Crippen molar-refractivity contribution in [3.05, 3.63) is 48.5 Å². The van der Waals surface area contributed by atoms with Crippen LogP contribution in [0, 0.1) is 0 Å². The Balaban J connectivity index is 1.52. The molecule has 2 aliphatic heterocycles. The van der Waals surface area contributed by atoms with Gasteiger partial charge in [-0.1, -0.05) is 12.1 Å². The van der Waals surface area contributed by atoms with E-state index in [-0.39, 0.29) is 18.4 Å². The second kappa shape index (κ2) is 5.67. The Morgan fingerprint density at radius 3 is 3.08 bits per heavy atom. The highest BCUT2D eigenvalue weighted by atomic mass is 16.5. The van der Waals surface area contributed by atoms with E-state index in [4.69, 9.17) is 4.74 Å². The van der Waals surface area contributed by atoms with Gasteiger partial charge in [-0.25, -0.2) is 4.98 Å². The topological polar surface area (TPSA) is 76.5 Å². The molecule has 0 radical (unpaired) electrons. The summed E-state index contributed by atoms with van der Waals surface area (Å²) in [4.78, 5) is 30.6. The van der Waals surface area contributed by atoms with E-state index in [0.29, 0.717) is 30.8 Å². The van der Waals surface area contributed by atoms with Crippen molar-refractivity contribution in [1.82, 2.24) is 19.8 Å². The Hall–Kier alpha value is -2.83. The van der Waals surface area contributed by atoms with E-state index in [9.17, 15) is 9.59 Å². The molecule has 7 heteroatoms. The number of nitrogens with zero attached hydrogens (tertiary/aromatic N) is 3. The van der Waals surface area contributed by atoms with Crippen molar-refractivity contribution in [1.29, 1.82) is 0 Å². The third-order valence-electron chi connectivity index (χ3n) is 4.46. The number of amides is 2. The maximum atomic E-state index is 12.5. The number of carbonyl (C=O) groups is 2. The average Bonchev–Trinajstić information content (AvgIpc) is 3.08. The second-order valence-electron chi connectivity index (χ2n) is 6.20. The number of aromatic nitrogens is 2. The fourth-order valence-corrected chi connectivity index (χ4v) is 3.31. The summed E-state index contributed by atoms with van der Waals surface area (Å²) in [7, 11) is 0. The number of benzene rings is 1. The first-order valence-electron chi connectivity index (χ1n) is 7.99. The van der Waals surface area contributed by atoms with Crippen LogP contribution < -0.4 is 10.1 Å². The standard InChI is InChI=1S/C17H18N4O3/c22-15(10-20-9-7-18-12-20)21-8-3-6-17(11-21)19-16(23)13-4-1-2-5-14(13)24-17/h1-2,4-5,7,9,12H,3,6,8,10-11H2,(H,19,23). The van der Waals surface area contributed by atoms with Gasteiger partial charge in [-0.15, -0.1) is 0 Å². The highest BCUT2D eigenvalue weighted by Gasteiger charge is 2.44. The van der Waals surface area contributed by atoms with Crippen molar-refractivity contribution in [2.45, 2.75) is 25.1 Å². The number of likely N-dealkylation sites (tertiary alicyclic amines) is 1. The number of hydrogen-bond donors (Lipinski definition) is 1. The first kappa shape index (κ1) is 14.7. The number of nitrogens with one attached hydrogen (secondary N) is 1. The maximum Gasteiger partial charge on any atom is 0.258 e. The fourth-order valence-electron chi connectivity index (χ4n) is 3.31. The van der Waals surface area contributed by atoms with Crippen LogP contribution in [-0.2, 0) is 11.3 Å². The van der Waals surface area contributed by atoms with Gasteiger partial charge in [0.25, 0.3) is 5.91 Å². The summed E-state index contributed by atoms with van der Waals surface area (Å²) in [6.45, 7) is 1.25. The molecular formula is C17H18N4O3. The summed E-state index contributed by atoms with van der Waals surface area (Å²) in [6.07, 6.45) is 6.48. The van der Waals surface area contributed by atoms with E-state index in [2.05, 4.69) is 10.3 Å². The number of piperidine rings is 1. The van der Waals surface area contributed by atoms with Crippen LogP contribution in [0.1, 0.15) is 23.2 Å². The summed E-state index contributed by atoms with van der Waals surface area (Å²) >= 11 is 0. The molecule has 1 saturated heterocycles. The number of hydrogen-bond acceptors (Lipinski definition) is 4. The van der Waals surface area contributed by atoms with Crippen molar-refractivity contribution in [2.24, 2.45) is 0 Å². The van der Waals surface area contributed by atoms with Gasteiger partial charge >= 0.3 is 0 Å². The quantitative estimate of drug-likeness (QED) is 0.894. The fraction of sp³-hybridized carbons (Fsp3) is 0.353. The lowest BCUT2D eigenvalue weighted by Gasteiger charge is -2.45. The molecule has 1 atom stereocenters. The zero-order valence-electron chi connectivity index (χ0n) is 13.1. The van der Waals surface area contributed by atoms with Gasteiger partial charge in [-0.3, -0.25) is 9.59 Å².